The van der Waals surface area contributed by atoms with Crippen LogP contribution in [0.1, 0.15) is 11.1 Å². The minimum atomic E-state index is -0.611. The molecule has 0 fully saturated rings. The van der Waals surface area contributed by atoms with Gasteiger partial charge in [0.15, 0.2) is 0 Å². The van der Waals surface area contributed by atoms with Crippen LogP contribution < -0.4 is 10.9 Å². The average molecular weight is 409 g/mol. The number of aromatic nitrogens is 1. The Labute approximate surface area is 171 Å². The number of amides is 1. The largest absolute Gasteiger partial charge is 0.325 e. The zero-order chi connectivity index (χ0) is 21.0. The summed E-state index contributed by atoms with van der Waals surface area (Å²) in [6, 6.07) is 15.8. The van der Waals surface area contributed by atoms with Crippen molar-refractivity contribution in [3.05, 3.63) is 92.4 Å². The van der Waals surface area contributed by atoms with Crippen LogP contribution in [0.25, 0.3) is 0 Å². The summed E-state index contributed by atoms with van der Waals surface area (Å²) in [5.41, 5.74) is 2.33. The van der Waals surface area contributed by atoms with Crippen molar-refractivity contribution in [2.24, 2.45) is 0 Å². The number of nitrogens with one attached hydrogen (secondary N) is 1. The Hall–Kier alpha value is -3.39. The van der Waals surface area contributed by atoms with Crippen LogP contribution in [0.4, 0.5) is 11.4 Å². The Morgan fingerprint density at radius 1 is 1.03 bits per heavy atom. The molecule has 29 heavy (non-hydrogen) atoms. The van der Waals surface area contributed by atoms with Crippen LogP contribution in [0.2, 0.25) is 0 Å². The van der Waals surface area contributed by atoms with Gasteiger partial charge in [-0.05, 0) is 61.4 Å². The van der Waals surface area contributed by atoms with Gasteiger partial charge in [0.2, 0.25) is 5.91 Å². The summed E-state index contributed by atoms with van der Waals surface area (Å²) in [4.78, 5) is 36.4. The molecule has 0 bridgehead atoms. The van der Waals surface area contributed by atoms with E-state index in [9.17, 15) is 19.7 Å². The van der Waals surface area contributed by atoms with Crippen LogP contribution in [-0.4, -0.2) is 15.4 Å². The molecule has 0 aliphatic carbocycles. The molecule has 0 unspecified atom stereocenters. The lowest BCUT2D eigenvalue weighted by atomic mass is 10.1. The SMILES string of the molecule is Cc1ccc(Sc2ccc(NC(=O)Cn3cc([N+](=O)[O-])ccc3=O)cc2)cc1C. The third kappa shape index (κ3) is 5.32. The molecule has 0 aliphatic heterocycles. The predicted molar refractivity (Wildman–Crippen MR) is 112 cm³/mol. The maximum absolute atomic E-state index is 12.2. The van der Waals surface area contributed by atoms with Gasteiger partial charge in [0.1, 0.15) is 6.54 Å². The highest BCUT2D eigenvalue weighted by atomic mass is 32.2. The molecule has 148 valence electrons. The van der Waals surface area contributed by atoms with Gasteiger partial charge in [-0.25, -0.2) is 0 Å². The number of rotatable bonds is 6. The van der Waals surface area contributed by atoms with E-state index in [1.165, 1.54) is 11.1 Å². The first-order valence-corrected chi connectivity index (χ1v) is 9.63. The van der Waals surface area contributed by atoms with Crippen LogP contribution in [0.3, 0.4) is 0 Å². The van der Waals surface area contributed by atoms with E-state index in [4.69, 9.17) is 0 Å². The fraction of sp³-hybridized carbons (Fsp3) is 0.143. The highest BCUT2D eigenvalue weighted by molar-refractivity contribution is 7.99. The van der Waals surface area contributed by atoms with Crippen LogP contribution >= 0.6 is 11.8 Å². The lowest BCUT2D eigenvalue weighted by molar-refractivity contribution is -0.385. The molecule has 1 heterocycles. The molecule has 1 aromatic heterocycles. The van der Waals surface area contributed by atoms with Crippen LogP contribution in [0, 0.1) is 24.0 Å². The van der Waals surface area contributed by atoms with Crippen molar-refractivity contribution in [2.75, 3.05) is 5.32 Å². The number of nitrogens with zero attached hydrogens (tertiary/aromatic N) is 2. The fourth-order valence-electron chi connectivity index (χ4n) is 2.63. The summed E-state index contributed by atoms with van der Waals surface area (Å²) < 4.78 is 1.01. The number of benzene rings is 2. The van der Waals surface area contributed by atoms with E-state index in [0.717, 1.165) is 32.7 Å². The molecular formula is C21H19N3O4S. The fourth-order valence-corrected chi connectivity index (χ4v) is 3.54. The van der Waals surface area contributed by atoms with Crippen molar-refractivity contribution in [3.8, 4) is 0 Å². The average Bonchev–Trinajstić information content (AvgIpc) is 2.68. The molecule has 0 saturated heterocycles. The Balaban J connectivity index is 1.64. The molecule has 0 atom stereocenters. The number of aryl methyl sites for hydroxylation is 2. The summed E-state index contributed by atoms with van der Waals surface area (Å²) in [5, 5.41) is 13.5. The Morgan fingerprint density at radius 3 is 2.38 bits per heavy atom. The molecule has 3 rings (SSSR count). The molecule has 0 saturated carbocycles. The van der Waals surface area contributed by atoms with Crippen LogP contribution in [0.15, 0.2) is 75.4 Å². The van der Waals surface area contributed by atoms with E-state index < -0.39 is 16.4 Å². The van der Waals surface area contributed by atoms with E-state index in [0.29, 0.717) is 5.69 Å². The van der Waals surface area contributed by atoms with E-state index in [1.807, 2.05) is 12.1 Å². The summed E-state index contributed by atoms with van der Waals surface area (Å²) in [6.07, 6.45) is 1.06. The third-order valence-electron chi connectivity index (χ3n) is 4.34. The normalized spacial score (nSPS) is 10.6. The predicted octanol–water partition coefficient (Wildman–Crippen LogP) is 4.16. The summed E-state index contributed by atoms with van der Waals surface area (Å²) >= 11 is 1.62. The van der Waals surface area contributed by atoms with Crippen molar-refractivity contribution in [2.45, 2.75) is 30.2 Å². The Morgan fingerprint density at radius 2 is 1.72 bits per heavy atom. The molecule has 0 spiro atoms. The van der Waals surface area contributed by atoms with Crippen molar-refractivity contribution in [1.29, 1.82) is 0 Å². The van der Waals surface area contributed by atoms with Gasteiger partial charge in [-0.15, -0.1) is 0 Å². The van der Waals surface area contributed by atoms with Gasteiger partial charge in [-0.1, -0.05) is 17.8 Å². The highest BCUT2D eigenvalue weighted by Crippen LogP contribution is 2.29. The lowest BCUT2D eigenvalue weighted by Crippen LogP contribution is -2.26. The van der Waals surface area contributed by atoms with E-state index in [1.54, 1.807) is 23.9 Å². The molecular weight excluding hydrogens is 390 g/mol. The second kappa shape index (κ2) is 8.74. The number of nitro groups is 1. The van der Waals surface area contributed by atoms with Crippen molar-refractivity contribution < 1.29 is 9.72 Å². The molecule has 3 aromatic rings. The van der Waals surface area contributed by atoms with Crippen LogP contribution in [0.5, 0.6) is 0 Å². The van der Waals surface area contributed by atoms with Gasteiger partial charge in [-0.3, -0.25) is 24.3 Å². The first-order chi connectivity index (χ1) is 13.8. The molecule has 0 aliphatic rings. The van der Waals surface area contributed by atoms with E-state index >= 15 is 0 Å². The minimum absolute atomic E-state index is 0.245. The quantitative estimate of drug-likeness (QED) is 0.487. The lowest BCUT2D eigenvalue weighted by Gasteiger charge is -2.09. The summed E-state index contributed by atoms with van der Waals surface area (Å²) in [5.74, 6) is -0.442. The van der Waals surface area contributed by atoms with Crippen molar-refractivity contribution in [3.63, 3.8) is 0 Å². The van der Waals surface area contributed by atoms with Crippen molar-refractivity contribution in [1.82, 2.24) is 4.57 Å². The molecule has 1 amide bonds. The number of hydrogen-bond donors (Lipinski definition) is 1. The molecule has 7 nitrogen and oxygen atoms in total. The zero-order valence-electron chi connectivity index (χ0n) is 15.9. The van der Waals surface area contributed by atoms with E-state index in [2.05, 4.69) is 37.4 Å². The molecule has 0 radical (unpaired) electrons. The minimum Gasteiger partial charge on any atom is -0.325 e. The number of hydrogen-bond acceptors (Lipinski definition) is 5. The smallest absolute Gasteiger partial charge is 0.285 e. The first kappa shape index (κ1) is 20.3. The Kier molecular flexibility index (Phi) is 6.13. The first-order valence-electron chi connectivity index (χ1n) is 8.82. The number of carbonyl (C=O) groups is 1. The van der Waals surface area contributed by atoms with Gasteiger partial charge in [-0.2, -0.15) is 0 Å². The number of pyridine rings is 1. The van der Waals surface area contributed by atoms with Gasteiger partial charge in [0.25, 0.3) is 11.2 Å². The third-order valence-corrected chi connectivity index (χ3v) is 5.34. The van der Waals surface area contributed by atoms with Crippen molar-refractivity contribution >= 4 is 29.0 Å². The summed E-state index contributed by atoms with van der Waals surface area (Å²) in [6.45, 7) is 3.84. The number of carbonyl (C=O) groups excluding carboxylic acids is 1. The molecule has 2 aromatic carbocycles. The zero-order valence-corrected chi connectivity index (χ0v) is 16.7. The Bertz CT molecular complexity index is 1120. The number of anilines is 1. The standard InChI is InChI=1S/C21H19N3O4S/c1-14-3-7-19(11-15(14)2)29-18-8-4-16(5-9-18)22-20(25)13-23-12-17(24(27)28)6-10-21(23)26/h3-12H,13H2,1-2H3,(H,22,25). The highest BCUT2D eigenvalue weighted by Gasteiger charge is 2.11. The maximum Gasteiger partial charge on any atom is 0.285 e. The second-order valence-corrected chi connectivity index (χ2v) is 7.68. The van der Waals surface area contributed by atoms with Crippen LogP contribution in [-0.2, 0) is 11.3 Å². The van der Waals surface area contributed by atoms with Gasteiger partial charge in [0.05, 0.1) is 11.1 Å². The topological polar surface area (TPSA) is 94.2 Å². The monoisotopic (exact) mass is 409 g/mol. The summed E-state index contributed by atoms with van der Waals surface area (Å²) in [7, 11) is 0. The van der Waals surface area contributed by atoms with Gasteiger partial charge < -0.3 is 5.32 Å². The van der Waals surface area contributed by atoms with E-state index in [-0.39, 0.29) is 12.2 Å². The molecule has 8 heteroatoms. The molecule has 1 N–H and O–H groups in total. The second-order valence-electron chi connectivity index (χ2n) is 6.53. The maximum atomic E-state index is 12.2. The van der Waals surface area contributed by atoms with Gasteiger partial charge in [0, 0.05) is 27.6 Å². The van der Waals surface area contributed by atoms with Gasteiger partial charge >= 0.3 is 0 Å².